The fourth-order valence-electron chi connectivity index (χ4n) is 4.37. The van der Waals surface area contributed by atoms with Gasteiger partial charge < -0.3 is 20.4 Å². The van der Waals surface area contributed by atoms with Crippen LogP contribution in [0.5, 0.6) is 0 Å². The van der Waals surface area contributed by atoms with Crippen LogP contribution in [0.2, 0.25) is 0 Å². The topological polar surface area (TPSA) is 108 Å². The molecule has 2 aromatic rings. The van der Waals surface area contributed by atoms with E-state index in [0.717, 1.165) is 18.5 Å². The second-order valence-corrected chi connectivity index (χ2v) is 9.43. The Morgan fingerprint density at radius 3 is 2.37 bits per heavy atom. The molecule has 1 aromatic heterocycles. The predicted molar refractivity (Wildman–Crippen MR) is 138 cm³/mol. The van der Waals surface area contributed by atoms with Crippen LogP contribution in [-0.4, -0.2) is 59.6 Å². The number of carbonyl (C=O) groups is 1. The lowest BCUT2D eigenvalue weighted by Gasteiger charge is -2.36. The fraction of sp³-hybridized carbons (Fsp3) is 0.560. The molecule has 1 aliphatic heterocycles. The number of nitrogens with two attached hydrogens (primary N) is 1. The van der Waals surface area contributed by atoms with Crippen molar-refractivity contribution in [1.82, 2.24) is 14.5 Å². The lowest BCUT2D eigenvalue weighted by Crippen LogP contribution is -2.49. The van der Waals surface area contributed by atoms with Crippen molar-refractivity contribution in [3.05, 3.63) is 50.9 Å². The lowest BCUT2D eigenvalue weighted by atomic mass is 10.2. The summed E-state index contributed by atoms with van der Waals surface area (Å²) in [5.74, 6) is 0.0574. The van der Waals surface area contributed by atoms with Gasteiger partial charge >= 0.3 is 5.69 Å². The maximum absolute atomic E-state index is 13.2. The van der Waals surface area contributed by atoms with Crippen LogP contribution in [0.25, 0.3) is 0 Å². The van der Waals surface area contributed by atoms with Gasteiger partial charge in [0, 0.05) is 57.9 Å². The maximum atomic E-state index is 13.2. The second kappa shape index (κ2) is 11.9. The van der Waals surface area contributed by atoms with Gasteiger partial charge in [-0.25, -0.2) is 9.18 Å². The average molecular weight is 489 g/mol. The number of hydrogen-bond donors (Lipinski definition) is 2. The zero-order valence-electron chi connectivity index (χ0n) is 20.9. The standard InChI is InChI=1S/C25H37FN6O3/c1-4-5-11-31(22-23(27)32(17-18(2)3)25(35)28-24(22)34)12-10-21(33)30-15-13-29(14-16-30)20-8-6-19(26)7-9-20/h6-9,18H,4-5,10-17,27H2,1-3H3,(H,28,34,35). The molecule has 1 fully saturated rings. The SMILES string of the molecule is CCCCN(CCC(=O)N1CCN(c2ccc(F)cc2)CC1)c1c(N)n(CC(C)C)c(=O)[nH]c1=O. The number of carbonyl (C=O) groups excluding carboxylic acids is 1. The molecule has 0 unspecified atom stereocenters. The van der Waals surface area contributed by atoms with Gasteiger partial charge in [0.05, 0.1) is 0 Å². The van der Waals surface area contributed by atoms with E-state index in [1.165, 1.54) is 16.7 Å². The van der Waals surface area contributed by atoms with Gasteiger partial charge in [-0.05, 0) is 36.6 Å². The first-order chi connectivity index (χ1) is 16.7. The van der Waals surface area contributed by atoms with Gasteiger partial charge in [0.1, 0.15) is 17.3 Å². The molecule has 3 N–H and O–H groups in total. The summed E-state index contributed by atoms with van der Waals surface area (Å²) in [4.78, 5) is 46.2. The van der Waals surface area contributed by atoms with Crippen LogP contribution in [0.4, 0.5) is 21.6 Å². The van der Waals surface area contributed by atoms with Crippen molar-refractivity contribution in [2.75, 3.05) is 54.8 Å². The number of nitrogen functional groups attached to an aromatic ring is 1. The van der Waals surface area contributed by atoms with Gasteiger partial charge in [-0.2, -0.15) is 0 Å². The first-order valence-corrected chi connectivity index (χ1v) is 12.4. The molecule has 192 valence electrons. The maximum Gasteiger partial charge on any atom is 0.330 e. The number of anilines is 3. The molecule has 9 nitrogen and oxygen atoms in total. The van der Waals surface area contributed by atoms with Crippen LogP contribution in [0.3, 0.4) is 0 Å². The first-order valence-electron chi connectivity index (χ1n) is 12.4. The van der Waals surface area contributed by atoms with Crippen molar-refractivity contribution < 1.29 is 9.18 Å². The van der Waals surface area contributed by atoms with Crippen LogP contribution in [0.15, 0.2) is 33.9 Å². The average Bonchev–Trinajstić information content (AvgIpc) is 2.83. The van der Waals surface area contributed by atoms with Gasteiger partial charge in [-0.15, -0.1) is 0 Å². The molecule has 2 heterocycles. The molecule has 0 radical (unpaired) electrons. The van der Waals surface area contributed by atoms with E-state index in [4.69, 9.17) is 5.73 Å². The van der Waals surface area contributed by atoms with E-state index in [0.29, 0.717) is 45.8 Å². The summed E-state index contributed by atoms with van der Waals surface area (Å²) in [5.41, 5.74) is 6.47. The van der Waals surface area contributed by atoms with E-state index in [1.807, 2.05) is 23.6 Å². The van der Waals surface area contributed by atoms with Gasteiger partial charge in [0.2, 0.25) is 5.91 Å². The van der Waals surface area contributed by atoms with E-state index in [2.05, 4.69) is 16.8 Å². The van der Waals surface area contributed by atoms with E-state index >= 15 is 0 Å². The van der Waals surface area contributed by atoms with E-state index in [1.54, 1.807) is 12.1 Å². The highest BCUT2D eigenvalue weighted by atomic mass is 19.1. The summed E-state index contributed by atoms with van der Waals surface area (Å²) in [7, 11) is 0. The fourth-order valence-corrected chi connectivity index (χ4v) is 4.37. The number of nitrogens with zero attached hydrogens (tertiary/aromatic N) is 4. The number of piperazine rings is 1. The summed E-state index contributed by atoms with van der Waals surface area (Å²) < 4.78 is 14.6. The van der Waals surface area contributed by atoms with E-state index in [-0.39, 0.29) is 35.6 Å². The number of unbranched alkanes of at least 4 members (excludes halogenated alkanes) is 1. The largest absolute Gasteiger partial charge is 0.383 e. The molecule has 0 spiro atoms. The number of halogens is 1. The Morgan fingerprint density at radius 1 is 1.11 bits per heavy atom. The highest BCUT2D eigenvalue weighted by Gasteiger charge is 2.24. The molecule has 1 saturated heterocycles. The van der Waals surface area contributed by atoms with Crippen molar-refractivity contribution in [2.45, 2.75) is 46.6 Å². The molecule has 1 aliphatic rings. The number of rotatable bonds is 10. The molecular weight excluding hydrogens is 451 g/mol. The minimum Gasteiger partial charge on any atom is -0.383 e. The van der Waals surface area contributed by atoms with Crippen molar-refractivity contribution in [1.29, 1.82) is 0 Å². The summed E-state index contributed by atoms with van der Waals surface area (Å²) >= 11 is 0. The smallest absolute Gasteiger partial charge is 0.330 e. The van der Waals surface area contributed by atoms with E-state index < -0.39 is 11.2 Å². The molecule has 0 bridgehead atoms. The Bertz CT molecular complexity index is 1100. The number of aromatic amines is 1. The Hall–Kier alpha value is -3.30. The number of hydrogen-bond acceptors (Lipinski definition) is 6. The normalized spacial score (nSPS) is 14.0. The lowest BCUT2D eigenvalue weighted by molar-refractivity contribution is -0.131. The molecule has 35 heavy (non-hydrogen) atoms. The van der Waals surface area contributed by atoms with Crippen molar-refractivity contribution in [3.8, 4) is 0 Å². The molecular formula is C25H37FN6O3. The van der Waals surface area contributed by atoms with Crippen LogP contribution < -0.4 is 26.8 Å². The predicted octanol–water partition coefficient (Wildman–Crippen LogP) is 2.26. The Kier molecular flexibility index (Phi) is 8.95. The van der Waals surface area contributed by atoms with Crippen LogP contribution in [-0.2, 0) is 11.3 Å². The van der Waals surface area contributed by atoms with Crippen molar-refractivity contribution in [3.63, 3.8) is 0 Å². The number of benzene rings is 1. The van der Waals surface area contributed by atoms with Crippen LogP contribution in [0, 0.1) is 11.7 Å². The molecule has 3 rings (SSSR count). The number of amides is 1. The summed E-state index contributed by atoms with van der Waals surface area (Å²) in [6.45, 7) is 9.79. The molecule has 0 atom stereocenters. The van der Waals surface area contributed by atoms with Gasteiger partial charge in [-0.1, -0.05) is 27.2 Å². The minimum absolute atomic E-state index is 0.00996. The highest BCUT2D eigenvalue weighted by molar-refractivity contribution is 5.77. The second-order valence-electron chi connectivity index (χ2n) is 9.43. The van der Waals surface area contributed by atoms with Gasteiger partial charge in [-0.3, -0.25) is 19.1 Å². The Balaban J connectivity index is 1.68. The number of H-pyrrole nitrogens is 1. The molecule has 1 aromatic carbocycles. The zero-order valence-corrected chi connectivity index (χ0v) is 20.9. The number of nitrogens with one attached hydrogen (secondary N) is 1. The third-order valence-electron chi connectivity index (χ3n) is 6.28. The number of aromatic nitrogens is 2. The van der Waals surface area contributed by atoms with Crippen molar-refractivity contribution >= 4 is 23.1 Å². The summed E-state index contributed by atoms with van der Waals surface area (Å²) in [5, 5.41) is 0. The van der Waals surface area contributed by atoms with Crippen LogP contribution in [0.1, 0.15) is 40.0 Å². The Labute approximate surface area is 205 Å². The monoisotopic (exact) mass is 488 g/mol. The molecule has 0 aliphatic carbocycles. The first kappa shape index (κ1) is 26.3. The minimum atomic E-state index is -0.524. The van der Waals surface area contributed by atoms with Gasteiger partial charge in [0.25, 0.3) is 5.56 Å². The Morgan fingerprint density at radius 2 is 1.77 bits per heavy atom. The quantitative estimate of drug-likeness (QED) is 0.531. The summed E-state index contributed by atoms with van der Waals surface area (Å²) in [6, 6.07) is 6.38. The van der Waals surface area contributed by atoms with Crippen LogP contribution >= 0.6 is 0 Å². The van der Waals surface area contributed by atoms with Crippen molar-refractivity contribution in [2.24, 2.45) is 5.92 Å². The zero-order chi connectivity index (χ0) is 25.5. The highest BCUT2D eigenvalue weighted by Crippen LogP contribution is 2.20. The third-order valence-corrected chi connectivity index (χ3v) is 6.28. The molecule has 10 heteroatoms. The summed E-state index contributed by atoms with van der Waals surface area (Å²) in [6.07, 6.45) is 1.98. The third kappa shape index (κ3) is 6.64. The van der Waals surface area contributed by atoms with E-state index in [9.17, 15) is 18.8 Å². The molecule has 0 saturated carbocycles. The van der Waals surface area contributed by atoms with Gasteiger partial charge in [0.15, 0.2) is 0 Å². The molecule has 1 amide bonds.